The van der Waals surface area contributed by atoms with E-state index < -0.39 is 0 Å². The van der Waals surface area contributed by atoms with E-state index in [0.29, 0.717) is 6.04 Å². The van der Waals surface area contributed by atoms with Crippen LogP contribution in [0.4, 0.5) is 0 Å². The molecule has 102 valence electrons. The average Bonchev–Trinajstić information content (AvgIpc) is 3.03. The zero-order chi connectivity index (χ0) is 13.2. The lowest BCUT2D eigenvalue weighted by Crippen LogP contribution is -2.24. The highest BCUT2D eigenvalue weighted by Gasteiger charge is 2.21. The van der Waals surface area contributed by atoms with Gasteiger partial charge in [-0.15, -0.1) is 11.3 Å². The highest BCUT2D eigenvalue weighted by Crippen LogP contribution is 2.30. The van der Waals surface area contributed by atoms with Crippen molar-refractivity contribution in [2.24, 2.45) is 11.8 Å². The standard InChI is InChI=1S/C16H22N2S/c1-11-3-4-13(7-11)9-17-12(2)14-8-16-15(18-10-14)5-6-19-16/h5-6,8,10-13,17H,3-4,7,9H2,1-2H3. The van der Waals surface area contributed by atoms with Gasteiger partial charge in [0, 0.05) is 12.2 Å². The Balaban J connectivity index is 1.61. The Bertz CT molecular complexity index is 548. The van der Waals surface area contributed by atoms with Crippen molar-refractivity contribution in [1.29, 1.82) is 0 Å². The molecule has 0 amide bonds. The van der Waals surface area contributed by atoms with Gasteiger partial charge in [0.25, 0.3) is 0 Å². The molecule has 0 aromatic carbocycles. The molecule has 1 aliphatic rings. The van der Waals surface area contributed by atoms with Crippen LogP contribution in [-0.2, 0) is 0 Å². The van der Waals surface area contributed by atoms with Gasteiger partial charge in [0.15, 0.2) is 0 Å². The molecule has 3 rings (SSSR count). The third-order valence-corrected chi connectivity index (χ3v) is 5.19. The second-order valence-electron chi connectivity index (χ2n) is 5.99. The summed E-state index contributed by atoms with van der Waals surface area (Å²) in [6.07, 6.45) is 6.21. The van der Waals surface area contributed by atoms with Crippen LogP contribution < -0.4 is 5.32 Å². The summed E-state index contributed by atoms with van der Waals surface area (Å²) in [7, 11) is 0. The topological polar surface area (TPSA) is 24.9 Å². The number of nitrogens with zero attached hydrogens (tertiary/aromatic N) is 1. The molecule has 3 atom stereocenters. The number of pyridine rings is 1. The summed E-state index contributed by atoms with van der Waals surface area (Å²) in [6.45, 7) is 5.76. The van der Waals surface area contributed by atoms with Crippen LogP contribution in [0.1, 0.15) is 44.7 Å². The maximum atomic E-state index is 4.52. The van der Waals surface area contributed by atoms with Crippen LogP contribution in [0, 0.1) is 11.8 Å². The highest BCUT2D eigenvalue weighted by molar-refractivity contribution is 7.17. The molecule has 1 fully saturated rings. The third-order valence-electron chi connectivity index (χ3n) is 4.34. The summed E-state index contributed by atoms with van der Waals surface area (Å²) >= 11 is 1.77. The average molecular weight is 274 g/mol. The number of thiophene rings is 1. The Morgan fingerprint density at radius 3 is 3.16 bits per heavy atom. The Morgan fingerprint density at radius 2 is 2.37 bits per heavy atom. The molecule has 0 radical (unpaired) electrons. The molecule has 0 aliphatic heterocycles. The minimum atomic E-state index is 0.398. The molecule has 19 heavy (non-hydrogen) atoms. The number of nitrogens with one attached hydrogen (secondary N) is 1. The van der Waals surface area contributed by atoms with Gasteiger partial charge in [-0.25, -0.2) is 0 Å². The summed E-state index contributed by atoms with van der Waals surface area (Å²) in [4.78, 5) is 4.52. The largest absolute Gasteiger partial charge is 0.310 e. The maximum absolute atomic E-state index is 4.52. The van der Waals surface area contributed by atoms with Crippen molar-refractivity contribution in [3.05, 3.63) is 29.3 Å². The first-order valence-corrected chi connectivity index (χ1v) is 8.17. The van der Waals surface area contributed by atoms with Crippen LogP contribution in [0.2, 0.25) is 0 Å². The van der Waals surface area contributed by atoms with Crippen LogP contribution in [0.25, 0.3) is 10.2 Å². The summed E-state index contributed by atoms with van der Waals surface area (Å²) in [5, 5.41) is 5.79. The lowest BCUT2D eigenvalue weighted by molar-refractivity contribution is 0.440. The van der Waals surface area contributed by atoms with Gasteiger partial charge in [0.1, 0.15) is 0 Å². The summed E-state index contributed by atoms with van der Waals surface area (Å²) in [6, 6.07) is 4.76. The van der Waals surface area contributed by atoms with Crippen molar-refractivity contribution in [2.45, 2.75) is 39.2 Å². The molecule has 1 aliphatic carbocycles. The maximum Gasteiger partial charge on any atom is 0.0809 e. The molecule has 2 aromatic rings. The van der Waals surface area contributed by atoms with Crippen LogP contribution in [0.3, 0.4) is 0 Å². The normalized spacial score (nSPS) is 24.9. The molecule has 3 unspecified atom stereocenters. The quantitative estimate of drug-likeness (QED) is 0.894. The Morgan fingerprint density at radius 1 is 1.47 bits per heavy atom. The first kappa shape index (κ1) is 13.1. The van der Waals surface area contributed by atoms with Gasteiger partial charge in [-0.1, -0.05) is 13.3 Å². The van der Waals surface area contributed by atoms with E-state index in [4.69, 9.17) is 0 Å². The van der Waals surface area contributed by atoms with Crippen molar-refractivity contribution in [3.63, 3.8) is 0 Å². The molecule has 0 spiro atoms. The van der Waals surface area contributed by atoms with Crippen molar-refractivity contribution in [2.75, 3.05) is 6.54 Å². The fraction of sp³-hybridized carbons (Fsp3) is 0.562. The zero-order valence-corrected chi connectivity index (χ0v) is 12.5. The van der Waals surface area contributed by atoms with Gasteiger partial charge in [0.05, 0.1) is 10.2 Å². The molecular formula is C16H22N2S. The zero-order valence-electron chi connectivity index (χ0n) is 11.7. The molecule has 3 heteroatoms. The van der Waals surface area contributed by atoms with Crippen LogP contribution in [0.5, 0.6) is 0 Å². The van der Waals surface area contributed by atoms with Gasteiger partial charge in [0.2, 0.25) is 0 Å². The van der Waals surface area contributed by atoms with E-state index in [1.165, 1.54) is 29.5 Å². The Hall–Kier alpha value is -0.930. The fourth-order valence-electron chi connectivity index (χ4n) is 3.07. The van der Waals surface area contributed by atoms with Crippen molar-refractivity contribution in [1.82, 2.24) is 10.3 Å². The number of fused-ring (bicyclic) bond motifs is 1. The van der Waals surface area contributed by atoms with Crippen LogP contribution in [0.15, 0.2) is 23.7 Å². The molecule has 2 heterocycles. The lowest BCUT2D eigenvalue weighted by atomic mass is 10.0. The second kappa shape index (κ2) is 5.59. The molecule has 0 bridgehead atoms. The number of aromatic nitrogens is 1. The van der Waals surface area contributed by atoms with Crippen molar-refractivity contribution < 1.29 is 0 Å². The Kier molecular flexibility index (Phi) is 3.85. The number of rotatable bonds is 4. The van der Waals surface area contributed by atoms with Gasteiger partial charge >= 0.3 is 0 Å². The van der Waals surface area contributed by atoms with E-state index in [1.54, 1.807) is 11.3 Å². The minimum Gasteiger partial charge on any atom is -0.310 e. The first-order valence-electron chi connectivity index (χ1n) is 7.29. The number of hydrogen-bond donors (Lipinski definition) is 1. The monoisotopic (exact) mass is 274 g/mol. The van der Waals surface area contributed by atoms with E-state index in [-0.39, 0.29) is 0 Å². The third kappa shape index (κ3) is 2.98. The van der Waals surface area contributed by atoms with E-state index >= 15 is 0 Å². The van der Waals surface area contributed by atoms with Gasteiger partial charge in [-0.3, -0.25) is 4.98 Å². The van der Waals surface area contributed by atoms with Crippen molar-refractivity contribution in [3.8, 4) is 0 Å². The first-order chi connectivity index (χ1) is 9.22. The predicted molar refractivity (Wildman–Crippen MR) is 82.5 cm³/mol. The van der Waals surface area contributed by atoms with Crippen molar-refractivity contribution >= 4 is 21.6 Å². The molecule has 0 saturated heterocycles. The minimum absolute atomic E-state index is 0.398. The second-order valence-corrected chi connectivity index (χ2v) is 6.93. The summed E-state index contributed by atoms with van der Waals surface area (Å²) in [5.41, 5.74) is 2.42. The van der Waals surface area contributed by atoms with E-state index in [1.807, 2.05) is 6.20 Å². The summed E-state index contributed by atoms with van der Waals surface area (Å²) < 4.78 is 1.29. The van der Waals surface area contributed by atoms with E-state index in [2.05, 4.69) is 41.7 Å². The highest BCUT2D eigenvalue weighted by atomic mass is 32.1. The van der Waals surface area contributed by atoms with E-state index in [0.717, 1.165) is 23.9 Å². The van der Waals surface area contributed by atoms with Gasteiger partial charge in [-0.05, 0) is 61.2 Å². The van der Waals surface area contributed by atoms with E-state index in [9.17, 15) is 0 Å². The smallest absolute Gasteiger partial charge is 0.0809 e. The lowest BCUT2D eigenvalue weighted by Gasteiger charge is -2.17. The summed E-state index contributed by atoms with van der Waals surface area (Å²) in [5.74, 6) is 1.79. The Labute approximate surface area is 119 Å². The SMILES string of the molecule is CC1CCC(CNC(C)c2cnc3ccsc3c2)C1. The van der Waals surface area contributed by atoms with Gasteiger partial charge in [-0.2, -0.15) is 0 Å². The van der Waals surface area contributed by atoms with Crippen LogP contribution >= 0.6 is 11.3 Å². The molecule has 2 aromatic heterocycles. The molecule has 1 saturated carbocycles. The van der Waals surface area contributed by atoms with Gasteiger partial charge < -0.3 is 5.32 Å². The predicted octanol–water partition coefficient (Wildman–Crippen LogP) is 4.38. The fourth-order valence-corrected chi connectivity index (χ4v) is 3.86. The van der Waals surface area contributed by atoms with Crippen LogP contribution in [-0.4, -0.2) is 11.5 Å². The molecule has 1 N–H and O–H groups in total. The number of hydrogen-bond acceptors (Lipinski definition) is 3. The molecule has 2 nitrogen and oxygen atoms in total. The molecular weight excluding hydrogens is 252 g/mol.